The number of nitrogens with zero attached hydrogens (tertiary/aromatic N) is 2. The maximum absolute atomic E-state index is 2.40. The van der Waals surface area contributed by atoms with Gasteiger partial charge in [-0.15, -0.1) is 0 Å². The van der Waals surface area contributed by atoms with Gasteiger partial charge in [0.25, 0.3) is 0 Å². The normalized spacial score (nSPS) is 26.0. The molecule has 3 heteroatoms. The highest BCUT2D eigenvalue weighted by Gasteiger charge is 2.07. The van der Waals surface area contributed by atoms with Crippen LogP contribution in [-0.4, -0.2) is 41.2 Å². The first-order chi connectivity index (χ1) is 4.29. The minimum Gasteiger partial charge on any atom is -0.305 e. The molecule has 0 aliphatic carbocycles. The van der Waals surface area contributed by atoms with Crippen LogP contribution in [0, 0.1) is 0 Å². The van der Waals surface area contributed by atoms with Gasteiger partial charge >= 0.3 is 0 Å². The molecule has 1 rings (SSSR count). The zero-order valence-corrected chi connectivity index (χ0v) is 7.97. The fourth-order valence-electron chi connectivity index (χ4n) is 1.02. The average Bonchev–Trinajstić information content (AvgIpc) is 1.97. The lowest BCUT2D eigenvalue weighted by atomic mass is 10.4. The Labute approximate surface area is 70.7 Å². The molecule has 1 fully saturated rings. The smallest absolute Gasteiger partial charge is 0.0209 e. The summed E-state index contributed by atoms with van der Waals surface area (Å²) in [6.45, 7) is 4.96. The molecule has 1 aliphatic rings. The predicted octanol–water partition coefficient (Wildman–Crippen LogP) is 0.974. The first-order valence-electron chi connectivity index (χ1n) is 3.38. The summed E-state index contributed by atoms with van der Waals surface area (Å²) in [7, 11) is 2.19. The predicted molar refractivity (Wildman–Crippen MR) is 47.7 cm³/mol. The Bertz CT molecular complexity index is 77.1. The molecular formula is C6H13IN2. The van der Waals surface area contributed by atoms with E-state index in [4.69, 9.17) is 0 Å². The van der Waals surface area contributed by atoms with Crippen molar-refractivity contribution in [2.75, 3.05) is 33.2 Å². The second kappa shape index (κ2) is 3.73. The molecule has 1 heterocycles. The van der Waals surface area contributed by atoms with E-state index < -0.39 is 0 Å². The molecule has 0 unspecified atom stereocenters. The molecule has 0 aromatic rings. The average molecular weight is 240 g/mol. The van der Waals surface area contributed by atoms with Crippen LogP contribution in [0.1, 0.15) is 6.42 Å². The summed E-state index contributed by atoms with van der Waals surface area (Å²) in [5.41, 5.74) is 0. The molecule has 0 bridgehead atoms. The molecule has 0 aromatic heterocycles. The number of hydrogen-bond donors (Lipinski definition) is 0. The van der Waals surface area contributed by atoms with Crippen molar-refractivity contribution in [3.63, 3.8) is 0 Å². The third kappa shape index (κ3) is 2.82. The van der Waals surface area contributed by atoms with E-state index in [0.717, 1.165) is 0 Å². The van der Waals surface area contributed by atoms with Gasteiger partial charge in [-0.1, -0.05) is 0 Å². The molecule has 1 aliphatic heterocycles. The summed E-state index contributed by atoms with van der Waals surface area (Å²) in [6.07, 6.45) is 1.32. The lowest BCUT2D eigenvalue weighted by Crippen LogP contribution is -2.22. The highest BCUT2D eigenvalue weighted by Crippen LogP contribution is 2.04. The van der Waals surface area contributed by atoms with Crippen molar-refractivity contribution < 1.29 is 0 Å². The zero-order valence-electron chi connectivity index (χ0n) is 5.81. The molecule has 0 saturated carbocycles. The molecule has 54 valence electrons. The molecule has 0 spiro atoms. The Morgan fingerprint density at radius 2 is 1.89 bits per heavy atom. The van der Waals surface area contributed by atoms with E-state index in [1.165, 1.54) is 32.6 Å². The number of rotatable bonds is 0. The van der Waals surface area contributed by atoms with Gasteiger partial charge in [0, 0.05) is 42.5 Å². The van der Waals surface area contributed by atoms with Crippen LogP contribution in [0.2, 0.25) is 0 Å². The summed E-state index contributed by atoms with van der Waals surface area (Å²) >= 11 is 2.40. The topological polar surface area (TPSA) is 6.48 Å². The van der Waals surface area contributed by atoms with Crippen molar-refractivity contribution in [2.24, 2.45) is 0 Å². The van der Waals surface area contributed by atoms with Gasteiger partial charge in [0.15, 0.2) is 0 Å². The molecule has 0 radical (unpaired) electrons. The molecular weight excluding hydrogens is 227 g/mol. The standard InChI is InChI=1S/C6H13IN2/c1-8-3-2-4-9(7)6-5-8/h2-6H2,1H3. The van der Waals surface area contributed by atoms with Crippen LogP contribution in [-0.2, 0) is 0 Å². The largest absolute Gasteiger partial charge is 0.305 e. The van der Waals surface area contributed by atoms with Crippen molar-refractivity contribution in [1.82, 2.24) is 8.01 Å². The molecule has 2 nitrogen and oxygen atoms in total. The molecule has 0 atom stereocenters. The van der Waals surface area contributed by atoms with E-state index in [-0.39, 0.29) is 0 Å². The van der Waals surface area contributed by atoms with Crippen LogP contribution in [0.4, 0.5) is 0 Å². The Kier molecular flexibility index (Phi) is 3.21. The number of halogens is 1. The minimum absolute atomic E-state index is 1.22. The molecule has 0 amide bonds. The number of hydrogen-bond acceptors (Lipinski definition) is 2. The van der Waals surface area contributed by atoms with Crippen LogP contribution >= 0.6 is 22.9 Å². The fraction of sp³-hybridized carbons (Fsp3) is 1.00. The molecule has 0 N–H and O–H groups in total. The second-order valence-corrected chi connectivity index (χ2v) is 3.93. The first kappa shape index (κ1) is 7.75. The van der Waals surface area contributed by atoms with Gasteiger partial charge in [-0.25, -0.2) is 3.11 Å². The van der Waals surface area contributed by atoms with Gasteiger partial charge < -0.3 is 4.90 Å². The van der Waals surface area contributed by atoms with Crippen molar-refractivity contribution in [3.8, 4) is 0 Å². The number of likely N-dealkylation sites (N-methyl/N-ethyl adjacent to an activating group) is 1. The SMILES string of the molecule is CN1CCCN(I)CC1. The van der Waals surface area contributed by atoms with Crippen LogP contribution in [0.5, 0.6) is 0 Å². The monoisotopic (exact) mass is 240 g/mol. The molecule has 0 aromatic carbocycles. The van der Waals surface area contributed by atoms with E-state index >= 15 is 0 Å². The summed E-state index contributed by atoms with van der Waals surface area (Å²) < 4.78 is 2.36. The zero-order chi connectivity index (χ0) is 6.69. The summed E-state index contributed by atoms with van der Waals surface area (Å²) in [5.74, 6) is 0. The molecule has 9 heavy (non-hydrogen) atoms. The highest BCUT2D eigenvalue weighted by atomic mass is 127. The Hall–Kier alpha value is 0.650. The second-order valence-electron chi connectivity index (χ2n) is 2.57. The maximum Gasteiger partial charge on any atom is 0.0209 e. The van der Waals surface area contributed by atoms with E-state index in [1.54, 1.807) is 0 Å². The Balaban J connectivity index is 2.25. The maximum atomic E-state index is 2.40. The quantitative estimate of drug-likeness (QED) is 0.460. The Morgan fingerprint density at radius 3 is 2.67 bits per heavy atom. The van der Waals surface area contributed by atoms with Crippen molar-refractivity contribution in [2.45, 2.75) is 6.42 Å². The van der Waals surface area contributed by atoms with E-state index in [0.29, 0.717) is 0 Å². The lowest BCUT2D eigenvalue weighted by molar-refractivity contribution is 0.354. The van der Waals surface area contributed by atoms with Crippen molar-refractivity contribution >= 4 is 22.9 Å². The van der Waals surface area contributed by atoms with Gasteiger partial charge in [-0.3, -0.25) is 0 Å². The van der Waals surface area contributed by atoms with Crippen LogP contribution < -0.4 is 0 Å². The highest BCUT2D eigenvalue weighted by molar-refractivity contribution is 14.1. The van der Waals surface area contributed by atoms with E-state index in [1.807, 2.05) is 0 Å². The lowest BCUT2D eigenvalue weighted by Gasteiger charge is -2.11. The third-order valence-electron chi connectivity index (χ3n) is 1.66. The summed E-state index contributed by atoms with van der Waals surface area (Å²) in [4.78, 5) is 2.39. The van der Waals surface area contributed by atoms with Crippen molar-refractivity contribution in [1.29, 1.82) is 0 Å². The summed E-state index contributed by atoms with van der Waals surface area (Å²) in [5, 5.41) is 0. The van der Waals surface area contributed by atoms with Crippen LogP contribution in [0.15, 0.2) is 0 Å². The van der Waals surface area contributed by atoms with Gasteiger partial charge in [0.2, 0.25) is 0 Å². The molecule has 1 saturated heterocycles. The third-order valence-corrected chi connectivity index (χ3v) is 2.63. The fourth-order valence-corrected chi connectivity index (χ4v) is 1.57. The summed E-state index contributed by atoms with van der Waals surface area (Å²) in [6, 6.07) is 0. The van der Waals surface area contributed by atoms with Gasteiger partial charge in [0.05, 0.1) is 0 Å². The first-order valence-corrected chi connectivity index (χ1v) is 4.35. The van der Waals surface area contributed by atoms with Gasteiger partial charge in [-0.2, -0.15) is 0 Å². The Morgan fingerprint density at radius 1 is 1.11 bits per heavy atom. The van der Waals surface area contributed by atoms with E-state index in [2.05, 4.69) is 37.9 Å². The van der Waals surface area contributed by atoms with Gasteiger partial charge in [0.1, 0.15) is 0 Å². The van der Waals surface area contributed by atoms with Crippen LogP contribution in [0.3, 0.4) is 0 Å². The van der Waals surface area contributed by atoms with Crippen molar-refractivity contribution in [3.05, 3.63) is 0 Å². The minimum atomic E-state index is 1.22. The van der Waals surface area contributed by atoms with Gasteiger partial charge in [-0.05, 0) is 20.0 Å². The van der Waals surface area contributed by atoms with Crippen LogP contribution in [0.25, 0.3) is 0 Å². The van der Waals surface area contributed by atoms with E-state index in [9.17, 15) is 0 Å².